The highest BCUT2D eigenvalue weighted by Crippen LogP contribution is 2.48. The van der Waals surface area contributed by atoms with E-state index in [1.165, 1.54) is 4.90 Å². The maximum atomic E-state index is 14.4. The number of nitrogens with zero attached hydrogens (tertiary/aromatic N) is 8. The first-order valence-corrected chi connectivity index (χ1v) is 15.2. The predicted octanol–water partition coefficient (Wildman–Crippen LogP) is 4.87. The summed E-state index contributed by atoms with van der Waals surface area (Å²) in [5.74, 6) is 3.20. The second kappa shape index (κ2) is 13.4. The SMILES string of the molecule is Cc1ccc(Cl)c(C2C(C(=O)OCCN=[N+]=[N-])c3ccccc3C(=O)N2C2CCCCC2N(N)S(=O)(=O)CN=[N+]=[N-])c1. The molecule has 2 aromatic rings. The fourth-order valence-electron chi connectivity index (χ4n) is 5.80. The van der Waals surface area contributed by atoms with Gasteiger partial charge in [-0.2, -0.15) is 0 Å². The fraction of sp³-hybridized carbons (Fsp3) is 0.462. The van der Waals surface area contributed by atoms with Crippen LogP contribution in [-0.2, 0) is 19.6 Å². The van der Waals surface area contributed by atoms with Crippen LogP contribution in [0.15, 0.2) is 52.7 Å². The van der Waals surface area contributed by atoms with E-state index < -0.39 is 51.8 Å². The summed E-state index contributed by atoms with van der Waals surface area (Å²) in [4.78, 5) is 34.9. The lowest BCUT2D eigenvalue weighted by Crippen LogP contribution is -2.61. The van der Waals surface area contributed by atoms with Crippen LogP contribution in [0.25, 0.3) is 20.9 Å². The molecule has 14 nitrogen and oxygen atoms in total. The number of fused-ring (bicyclic) bond motifs is 1. The molecule has 16 heteroatoms. The number of rotatable bonds is 10. The third-order valence-corrected chi connectivity index (χ3v) is 9.28. The number of nitrogens with two attached hydrogens (primary N) is 1. The minimum atomic E-state index is -4.22. The van der Waals surface area contributed by atoms with Gasteiger partial charge in [0.1, 0.15) is 11.8 Å². The summed E-state index contributed by atoms with van der Waals surface area (Å²) in [6, 6.07) is 9.33. The predicted molar refractivity (Wildman–Crippen MR) is 154 cm³/mol. The van der Waals surface area contributed by atoms with E-state index in [-0.39, 0.29) is 18.7 Å². The van der Waals surface area contributed by atoms with E-state index in [0.29, 0.717) is 46.2 Å². The molecule has 222 valence electrons. The van der Waals surface area contributed by atoms with Crippen LogP contribution in [0.4, 0.5) is 0 Å². The van der Waals surface area contributed by atoms with Crippen LogP contribution in [-0.4, -0.2) is 60.7 Å². The van der Waals surface area contributed by atoms with Gasteiger partial charge >= 0.3 is 5.97 Å². The Balaban J connectivity index is 1.90. The van der Waals surface area contributed by atoms with E-state index in [1.807, 2.05) is 6.92 Å². The van der Waals surface area contributed by atoms with Crippen molar-refractivity contribution in [1.82, 2.24) is 9.31 Å². The molecule has 1 aliphatic heterocycles. The van der Waals surface area contributed by atoms with Crippen LogP contribution in [0, 0.1) is 6.92 Å². The summed E-state index contributed by atoms with van der Waals surface area (Å²) < 4.78 is 32.2. The number of amides is 1. The minimum absolute atomic E-state index is 0.0784. The number of benzene rings is 2. The zero-order chi connectivity index (χ0) is 30.4. The van der Waals surface area contributed by atoms with Crippen LogP contribution in [0.2, 0.25) is 5.02 Å². The van der Waals surface area contributed by atoms with E-state index >= 15 is 0 Å². The fourth-order valence-corrected chi connectivity index (χ4v) is 7.02. The lowest BCUT2D eigenvalue weighted by Gasteiger charge is -2.50. The van der Waals surface area contributed by atoms with E-state index in [9.17, 15) is 18.0 Å². The number of esters is 1. The summed E-state index contributed by atoms with van der Waals surface area (Å²) >= 11 is 6.73. The van der Waals surface area contributed by atoms with Gasteiger partial charge in [-0.15, -0.1) is 4.41 Å². The summed E-state index contributed by atoms with van der Waals surface area (Å²) in [6.07, 6.45) is 2.04. The highest BCUT2D eigenvalue weighted by Gasteiger charge is 2.51. The number of aryl methyl sites for hydroxylation is 1. The molecular formula is C26H30ClN9O5S. The Morgan fingerprint density at radius 1 is 1.14 bits per heavy atom. The maximum absolute atomic E-state index is 14.4. The lowest BCUT2D eigenvalue weighted by atomic mass is 9.76. The average Bonchev–Trinajstić information content (AvgIpc) is 2.99. The van der Waals surface area contributed by atoms with Crippen molar-refractivity contribution in [3.63, 3.8) is 0 Å². The molecular weight excluding hydrogens is 586 g/mol. The average molecular weight is 616 g/mol. The van der Waals surface area contributed by atoms with Crippen molar-refractivity contribution < 1.29 is 22.7 Å². The maximum Gasteiger partial charge on any atom is 0.315 e. The molecule has 1 amide bonds. The number of sulfonamides is 1. The Bertz CT molecular complexity index is 1560. The van der Waals surface area contributed by atoms with Crippen LogP contribution < -0.4 is 5.84 Å². The van der Waals surface area contributed by atoms with E-state index in [4.69, 9.17) is 33.2 Å². The topological polar surface area (TPSA) is 208 Å². The Hall–Kier alpha value is -3.84. The number of hydrazine groups is 1. The largest absolute Gasteiger partial charge is 0.465 e. The molecule has 0 radical (unpaired) electrons. The Kier molecular flexibility index (Phi) is 9.94. The Morgan fingerprint density at radius 2 is 1.86 bits per heavy atom. The first-order chi connectivity index (χ1) is 20.1. The van der Waals surface area contributed by atoms with Crippen LogP contribution >= 0.6 is 11.6 Å². The van der Waals surface area contributed by atoms with Crippen molar-refractivity contribution in [2.45, 2.75) is 56.7 Å². The second-order valence-electron chi connectivity index (χ2n) is 10.1. The number of halogens is 1. The van der Waals surface area contributed by atoms with Gasteiger partial charge in [-0.1, -0.05) is 70.6 Å². The zero-order valence-electron chi connectivity index (χ0n) is 22.8. The first kappa shape index (κ1) is 31.1. The molecule has 1 fully saturated rings. The van der Waals surface area contributed by atoms with Gasteiger partial charge in [0.15, 0.2) is 0 Å². The molecule has 1 heterocycles. The van der Waals surface area contributed by atoms with Crippen molar-refractivity contribution in [1.29, 1.82) is 0 Å². The van der Waals surface area contributed by atoms with Crippen LogP contribution in [0.5, 0.6) is 0 Å². The summed E-state index contributed by atoms with van der Waals surface area (Å²) in [7, 11) is -4.22. The molecule has 1 aliphatic carbocycles. The number of carbonyl (C=O) groups is 2. The van der Waals surface area contributed by atoms with Crippen molar-refractivity contribution in [2.75, 3.05) is 19.0 Å². The summed E-state index contributed by atoms with van der Waals surface area (Å²) in [5.41, 5.74) is 19.3. The van der Waals surface area contributed by atoms with Crippen LogP contribution in [0.3, 0.4) is 0 Å². The van der Waals surface area contributed by atoms with E-state index in [1.54, 1.807) is 42.5 Å². The standard InChI is InChI=1S/C26H30ClN9O5S/c1-16-10-11-20(27)19(14-16)24-23(26(38)41-13-12-31-33-28)17-6-2-3-7-18(17)25(37)35(24)21-8-4-5-9-22(21)36(30)42(39,40)15-32-34-29/h2-3,6-7,10-11,14,21-24H,4-5,8-9,12-13,15,30H2,1H3. The Morgan fingerprint density at radius 3 is 2.60 bits per heavy atom. The number of ether oxygens (including phenoxy) is 1. The summed E-state index contributed by atoms with van der Waals surface area (Å²) in [5, 5.41) is 6.91. The third kappa shape index (κ3) is 6.31. The molecule has 0 bridgehead atoms. The van der Waals surface area contributed by atoms with Crippen molar-refractivity contribution in [2.24, 2.45) is 16.1 Å². The molecule has 4 atom stereocenters. The number of hydrogen-bond acceptors (Lipinski definition) is 8. The van der Waals surface area contributed by atoms with Gasteiger partial charge in [-0.3, -0.25) is 15.4 Å². The van der Waals surface area contributed by atoms with Gasteiger partial charge in [0.25, 0.3) is 5.91 Å². The van der Waals surface area contributed by atoms with Gasteiger partial charge in [-0.05, 0) is 54.1 Å². The molecule has 2 aliphatic rings. The van der Waals surface area contributed by atoms with E-state index in [2.05, 4.69) is 20.1 Å². The van der Waals surface area contributed by atoms with Crippen LogP contribution in [0.1, 0.15) is 64.7 Å². The van der Waals surface area contributed by atoms with Crippen molar-refractivity contribution in [3.05, 3.63) is 90.6 Å². The number of hydrogen-bond donors (Lipinski definition) is 1. The molecule has 0 saturated heterocycles. The molecule has 2 aromatic carbocycles. The van der Waals surface area contributed by atoms with Crippen molar-refractivity contribution >= 4 is 33.5 Å². The monoisotopic (exact) mass is 615 g/mol. The lowest BCUT2D eigenvalue weighted by molar-refractivity contribution is -0.147. The molecule has 1 saturated carbocycles. The molecule has 0 aromatic heterocycles. The normalized spacial score (nSPS) is 22.1. The quantitative estimate of drug-likeness (QED) is 0.0749. The smallest absolute Gasteiger partial charge is 0.315 e. The van der Waals surface area contributed by atoms with E-state index in [0.717, 1.165) is 5.56 Å². The number of azide groups is 2. The molecule has 4 rings (SSSR count). The molecule has 4 unspecified atom stereocenters. The second-order valence-corrected chi connectivity index (χ2v) is 12.3. The van der Waals surface area contributed by atoms with Crippen molar-refractivity contribution in [3.8, 4) is 0 Å². The molecule has 2 N–H and O–H groups in total. The molecule has 42 heavy (non-hydrogen) atoms. The molecule has 0 spiro atoms. The third-order valence-electron chi connectivity index (χ3n) is 7.58. The highest BCUT2D eigenvalue weighted by molar-refractivity contribution is 7.89. The van der Waals surface area contributed by atoms with Gasteiger partial charge in [0, 0.05) is 20.4 Å². The highest BCUT2D eigenvalue weighted by atomic mass is 35.5. The van der Waals surface area contributed by atoms with Gasteiger partial charge in [0.2, 0.25) is 10.0 Å². The van der Waals surface area contributed by atoms with Gasteiger partial charge in [0.05, 0.1) is 31.3 Å². The minimum Gasteiger partial charge on any atom is -0.465 e. The number of carbonyl (C=O) groups excluding carboxylic acids is 2. The summed E-state index contributed by atoms with van der Waals surface area (Å²) in [6.45, 7) is 1.60. The Labute approximate surface area is 247 Å². The zero-order valence-corrected chi connectivity index (χ0v) is 24.4. The van der Waals surface area contributed by atoms with Gasteiger partial charge in [-0.25, -0.2) is 8.42 Å². The first-order valence-electron chi connectivity index (χ1n) is 13.2. The van der Waals surface area contributed by atoms with Gasteiger partial charge < -0.3 is 9.64 Å².